The first-order valence-corrected chi connectivity index (χ1v) is 7.81. The van der Waals surface area contributed by atoms with Gasteiger partial charge in [0, 0.05) is 18.2 Å². The summed E-state index contributed by atoms with van der Waals surface area (Å²) in [4.78, 5) is 2.47. The third-order valence-electron chi connectivity index (χ3n) is 5.09. The van der Waals surface area contributed by atoms with Crippen molar-refractivity contribution in [1.29, 1.82) is 0 Å². The van der Waals surface area contributed by atoms with Crippen molar-refractivity contribution in [1.82, 2.24) is 4.90 Å². The number of nitrogens with zero attached hydrogens (tertiary/aromatic N) is 1. The van der Waals surface area contributed by atoms with Crippen molar-refractivity contribution in [2.45, 2.75) is 18.9 Å². The zero-order chi connectivity index (χ0) is 15.3. The summed E-state index contributed by atoms with van der Waals surface area (Å²) >= 11 is 0. The fourth-order valence-corrected chi connectivity index (χ4v) is 4.00. The standard InChI is InChI=1S/C19H21NO2.ClH/c1-20-9-8-13-11-16(21-2)19(22-3)18-14-7-5-4-6-12(14)10-15(20)17(13)18;/h4-7,11,15H,8-10H2,1-3H3;1H. The van der Waals surface area contributed by atoms with Crippen molar-refractivity contribution >= 4 is 12.4 Å². The second kappa shape index (κ2) is 6.06. The molecule has 2 aromatic carbocycles. The van der Waals surface area contributed by atoms with Gasteiger partial charge in [-0.15, -0.1) is 12.4 Å². The number of fused-ring (bicyclic) bond motifs is 2. The number of hydrogen-bond acceptors (Lipinski definition) is 3. The lowest BCUT2D eigenvalue weighted by Crippen LogP contribution is -2.35. The van der Waals surface area contributed by atoms with Gasteiger partial charge in [0.15, 0.2) is 11.5 Å². The van der Waals surface area contributed by atoms with Gasteiger partial charge in [0.25, 0.3) is 0 Å². The Labute approximate surface area is 143 Å². The van der Waals surface area contributed by atoms with E-state index in [-0.39, 0.29) is 12.4 Å². The Hall–Kier alpha value is -1.71. The molecule has 0 spiro atoms. The highest BCUT2D eigenvalue weighted by molar-refractivity contribution is 5.85. The molecule has 0 N–H and O–H groups in total. The average molecular weight is 332 g/mol. The summed E-state index contributed by atoms with van der Waals surface area (Å²) in [5, 5.41) is 0. The van der Waals surface area contributed by atoms with Crippen LogP contribution in [-0.2, 0) is 12.8 Å². The largest absolute Gasteiger partial charge is 0.493 e. The molecule has 4 heteroatoms. The Bertz CT molecular complexity index is 744. The zero-order valence-electron chi connectivity index (χ0n) is 13.8. The van der Waals surface area contributed by atoms with Gasteiger partial charge >= 0.3 is 0 Å². The summed E-state index contributed by atoms with van der Waals surface area (Å²) in [6, 6.07) is 11.3. The molecule has 2 aromatic rings. The molecule has 1 atom stereocenters. The fourth-order valence-electron chi connectivity index (χ4n) is 4.00. The number of hydrogen-bond donors (Lipinski definition) is 0. The van der Waals surface area contributed by atoms with Gasteiger partial charge in [-0.05, 0) is 48.2 Å². The molecule has 0 aromatic heterocycles. The van der Waals surface area contributed by atoms with Crippen molar-refractivity contribution in [3.63, 3.8) is 0 Å². The first-order chi connectivity index (χ1) is 10.7. The average Bonchev–Trinajstić information content (AvgIpc) is 2.57. The predicted octanol–water partition coefficient (Wildman–Crippen LogP) is 3.88. The van der Waals surface area contributed by atoms with Crippen molar-refractivity contribution in [2.24, 2.45) is 0 Å². The van der Waals surface area contributed by atoms with Gasteiger partial charge in [0.05, 0.1) is 14.2 Å². The van der Waals surface area contributed by atoms with Gasteiger partial charge in [-0.25, -0.2) is 0 Å². The van der Waals surface area contributed by atoms with E-state index in [1.807, 2.05) is 0 Å². The monoisotopic (exact) mass is 331 g/mol. The molecule has 0 radical (unpaired) electrons. The maximum Gasteiger partial charge on any atom is 0.168 e. The Balaban J connectivity index is 0.00000156. The highest BCUT2D eigenvalue weighted by atomic mass is 35.5. The van der Waals surface area contributed by atoms with Gasteiger partial charge in [-0.2, -0.15) is 0 Å². The molecular formula is C19H22ClNO2. The van der Waals surface area contributed by atoms with E-state index >= 15 is 0 Å². The molecule has 0 amide bonds. The summed E-state index contributed by atoms with van der Waals surface area (Å²) in [6.07, 6.45) is 2.14. The molecule has 3 nitrogen and oxygen atoms in total. The van der Waals surface area contributed by atoms with Crippen LogP contribution < -0.4 is 9.47 Å². The van der Waals surface area contributed by atoms with Crippen molar-refractivity contribution < 1.29 is 9.47 Å². The Morgan fingerprint density at radius 2 is 1.87 bits per heavy atom. The van der Waals surface area contributed by atoms with Crippen molar-refractivity contribution in [3.8, 4) is 22.6 Å². The molecular weight excluding hydrogens is 310 g/mol. The van der Waals surface area contributed by atoms with Crippen LogP contribution in [0.4, 0.5) is 0 Å². The zero-order valence-corrected chi connectivity index (χ0v) is 14.6. The summed E-state index contributed by atoms with van der Waals surface area (Å²) < 4.78 is 11.4. The summed E-state index contributed by atoms with van der Waals surface area (Å²) in [5.41, 5.74) is 6.76. The number of likely N-dealkylation sites (N-methyl/N-ethyl adjacent to an activating group) is 1. The van der Waals surface area contributed by atoms with Crippen LogP contribution in [-0.4, -0.2) is 32.7 Å². The molecule has 0 bridgehead atoms. The first-order valence-electron chi connectivity index (χ1n) is 7.81. The van der Waals surface area contributed by atoms with Crippen LogP contribution in [0.15, 0.2) is 30.3 Å². The van der Waals surface area contributed by atoms with Crippen molar-refractivity contribution in [3.05, 3.63) is 47.0 Å². The number of benzene rings is 2. The van der Waals surface area contributed by atoms with E-state index in [1.165, 1.54) is 27.8 Å². The third kappa shape index (κ3) is 2.30. The molecule has 0 saturated heterocycles. The van der Waals surface area contributed by atoms with Crippen LogP contribution in [0.3, 0.4) is 0 Å². The van der Waals surface area contributed by atoms with Gasteiger partial charge in [-0.1, -0.05) is 24.3 Å². The molecule has 0 saturated carbocycles. The molecule has 0 fully saturated rings. The molecule has 1 heterocycles. The second-order valence-electron chi connectivity index (χ2n) is 6.17. The van der Waals surface area contributed by atoms with E-state index < -0.39 is 0 Å². The van der Waals surface area contributed by atoms with E-state index in [9.17, 15) is 0 Å². The Morgan fingerprint density at radius 3 is 2.61 bits per heavy atom. The molecule has 2 aliphatic rings. The Kier molecular flexibility index (Phi) is 4.26. The second-order valence-corrected chi connectivity index (χ2v) is 6.17. The van der Waals surface area contributed by atoms with Gasteiger partial charge < -0.3 is 9.47 Å². The maximum absolute atomic E-state index is 5.76. The lowest BCUT2D eigenvalue weighted by molar-refractivity contribution is 0.226. The normalized spacial score (nSPS) is 18.5. The van der Waals surface area contributed by atoms with Crippen LogP contribution in [0.5, 0.6) is 11.5 Å². The first kappa shape index (κ1) is 16.2. The fraction of sp³-hybridized carbons (Fsp3) is 0.368. The number of ether oxygens (including phenoxy) is 2. The van der Waals surface area contributed by atoms with E-state index in [4.69, 9.17) is 9.47 Å². The van der Waals surface area contributed by atoms with E-state index in [0.29, 0.717) is 6.04 Å². The molecule has 1 aliphatic carbocycles. The topological polar surface area (TPSA) is 21.7 Å². The molecule has 4 rings (SSSR count). The molecule has 1 unspecified atom stereocenters. The van der Waals surface area contributed by atoms with Crippen molar-refractivity contribution in [2.75, 3.05) is 27.8 Å². The minimum atomic E-state index is 0. The lowest BCUT2D eigenvalue weighted by atomic mass is 9.76. The molecule has 1 aliphatic heterocycles. The van der Waals surface area contributed by atoms with Gasteiger partial charge in [0.1, 0.15) is 0 Å². The van der Waals surface area contributed by atoms with Crippen LogP contribution in [0.2, 0.25) is 0 Å². The Morgan fingerprint density at radius 1 is 1.09 bits per heavy atom. The van der Waals surface area contributed by atoms with E-state index in [1.54, 1.807) is 14.2 Å². The summed E-state index contributed by atoms with van der Waals surface area (Å²) in [7, 11) is 5.68. The minimum absolute atomic E-state index is 0. The summed E-state index contributed by atoms with van der Waals surface area (Å²) in [6.45, 7) is 1.09. The molecule has 122 valence electrons. The van der Waals surface area contributed by atoms with Gasteiger partial charge in [-0.3, -0.25) is 4.90 Å². The number of methoxy groups -OCH3 is 2. The number of rotatable bonds is 2. The summed E-state index contributed by atoms with van der Waals surface area (Å²) in [5.74, 6) is 1.71. The third-order valence-corrected chi connectivity index (χ3v) is 5.09. The number of halogens is 1. The van der Waals surface area contributed by atoms with Crippen LogP contribution in [0.1, 0.15) is 22.7 Å². The highest BCUT2D eigenvalue weighted by Gasteiger charge is 2.35. The quantitative estimate of drug-likeness (QED) is 0.833. The minimum Gasteiger partial charge on any atom is -0.493 e. The molecule has 23 heavy (non-hydrogen) atoms. The SMILES string of the molecule is COc1cc2c3c(c1OC)-c1ccccc1CC3N(C)CC2.Cl. The highest BCUT2D eigenvalue weighted by Crippen LogP contribution is 2.51. The van der Waals surface area contributed by atoms with E-state index in [0.717, 1.165) is 30.9 Å². The maximum atomic E-state index is 5.76. The van der Waals surface area contributed by atoms with Gasteiger partial charge in [0.2, 0.25) is 0 Å². The van der Waals surface area contributed by atoms with E-state index in [2.05, 4.69) is 42.3 Å². The van der Waals surface area contributed by atoms with Crippen LogP contribution in [0.25, 0.3) is 11.1 Å². The smallest absolute Gasteiger partial charge is 0.168 e. The van der Waals surface area contributed by atoms with Crippen LogP contribution in [0, 0.1) is 0 Å². The van der Waals surface area contributed by atoms with Crippen LogP contribution >= 0.6 is 12.4 Å². The predicted molar refractivity (Wildman–Crippen MR) is 95.0 cm³/mol. The lowest BCUT2D eigenvalue weighted by Gasteiger charge is -2.40.